The van der Waals surface area contributed by atoms with Crippen LogP contribution in [0, 0.1) is 0 Å². The minimum absolute atomic E-state index is 0.304. The minimum atomic E-state index is -0.627. The van der Waals surface area contributed by atoms with E-state index in [9.17, 15) is 5.11 Å². The van der Waals surface area contributed by atoms with Crippen LogP contribution in [0.15, 0.2) is 23.1 Å². The van der Waals surface area contributed by atoms with E-state index >= 15 is 0 Å². The molecule has 1 heterocycles. The summed E-state index contributed by atoms with van der Waals surface area (Å²) in [6, 6.07) is 6.40. The fourth-order valence-electron chi connectivity index (χ4n) is 2.55. The maximum absolute atomic E-state index is 10.3. The van der Waals surface area contributed by atoms with Crippen molar-refractivity contribution in [3.63, 3.8) is 0 Å². The highest BCUT2D eigenvalue weighted by molar-refractivity contribution is 7.99. The molecule has 1 aromatic rings. The molecule has 106 valence electrons. The monoisotopic (exact) mass is 299 g/mol. The van der Waals surface area contributed by atoms with Gasteiger partial charge in [-0.3, -0.25) is 0 Å². The molecule has 2 nitrogen and oxygen atoms in total. The summed E-state index contributed by atoms with van der Waals surface area (Å²) in [5.41, 5.74) is 0.647. The molecule has 0 saturated heterocycles. The Morgan fingerprint density at radius 3 is 3.05 bits per heavy atom. The number of nitrogens with one attached hydrogen (secondary N) is 1. The van der Waals surface area contributed by atoms with Gasteiger partial charge in [0, 0.05) is 22.5 Å². The zero-order valence-corrected chi connectivity index (χ0v) is 13.2. The summed E-state index contributed by atoms with van der Waals surface area (Å²) in [5.74, 6) is 1.11. The smallest absolute Gasteiger partial charge is 0.0743 e. The molecule has 0 amide bonds. The van der Waals surface area contributed by atoms with Gasteiger partial charge in [0.2, 0.25) is 0 Å². The predicted molar refractivity (Wildman–Crippen MR) is 83.1 cm³/mol. The van der Waals surface area contributed by atoms with E-state index in [0.29, 0.717) is 12.6 Å². The van der Waals surface area contributed by atoms with Gasteiger partial charge in [-0.15, -0.1) is 11.8 Å². The summed E-state index contributed by atoms with van der Waals surface area (Å²) < 4.78 is 0. The Labute approximate surface area is 124 Å². The molecule has 0 spiro atoms. The van der Waals surface area contributed by atoms with Gasteiger partial charge < -0.3 is 10.4 Å². The van der Waals surface area contributed by atoms with Gasteiger partial charge in [-0.2, -0.15) is 0 Å². The first-order valence-electron chi connectivity index (χ1n) is 6.90. The Morgan fingerprint density at radius 2 is 2.32 bits per heavy atom. The molecular formula is C15H22ClNOS. The maximum atomic E-state index is 10.3. The molecule has 0 saturated carbocycles. The Balaban J connectivity index is 2.05. The molecule has 19 heavy (non-hydrogen) atoms. The summed E-state index contributed by atoms with van der Waals surface area (Å²) in [6.45, 7) is 4.63. The van der Waals surface area contributed by atoms with Crippen LogP contribution in [0.25, 0.3) is 0 Å². The minimum Gasteiger partial charge on any atom is -0.389 e. The molecule has 2 atom stereocenters. The number of hydrogen-bond acceptors (Lipinski definition) is 3. The van der Waals surface area contributed by atoms with Crippen molar-refractivity contribution in [2.24, 2.45) is 0 Å². The lowest BCUT2D eigenvalue weighted by Gasteiger charge is -2.30. The van der Waals surface area contributed by atoms with E-state index in [4.69, 9.17) is 11.6 Å². The highest BCUT2D eigenvalue weighted by atomic mass is 35.5. The fraction of sp³-hybridized carbons (Fsp3) is 0.600. The van der Waals surface area contributed by atoms with Gasteiger partial charge in [-0.1, -0.05) is 24.9 Å². The first kappa shape index (κ1) is 15.2. The van der Waals surface area contributed by atoms with E-state index in [0.717, 1.165) is 30.0 Å². The van der Waals surface area contributed by atoms with E-state index in [2.05, 4.69) is 24.4 Å². The molecule has 0 bridgehead atoms. The van der Waals surface area contributed by atoms with Crippen LogP contribution in [0.5, 0.6) is 0 Å². The van der Waals surface area contributed by atoms with E-state index in [1.54, 1.807) is 0 Å². The number of aliphatic hydroxyl groups is 1. The van der Waals surface area contributed by atoms with Crippen LogP contribution in [0.4, 0.5) is 0 Å². The summed E-state index contributed by atoms with van der Waals surface area (Å²) in [4.78, 5) is 1.31. The average Bonchev–Trinajstić information content (AvgIpc) is 2.36. The quantitative estimate of drug-likeness (QED) is 0.861. The van der Waals surface area contributed by atoms with Gasteiger partial charge in [-0.25, -0.2) is 0 Å². The summed E-state index contributed by atoms with van der Waals surface area (Å²) in [7, 11) is 0. The van der Waals surface area contributed by atoms with Gasteiger partial charge >= 0.3 is 0 Å². The Morgan fingerprint density at radius 1 is 1.53 bits per heavy atom. The van der Waals surface area contributed by atoms with Crippen LogP contribution < -0.4 is 5.32 Å². The van der Waals surface area contributed by atoms with E-state index in [1.807, 2.05) is 24.8 Å². The molecule has 2 N–H and O–H groups in total. The van der Waals surface area contributed by atoms with Crippen molar-refractivity contribution >= 4 is 23.4 Å². The Bertz CT molecular complexity index is 436. The van der Waals surface area contributed by atoms with Crippen LogP contribution in [-0.4, -0.2) is 23.0 Å². The molecule has 1 aliphatic heterocycles. The van der Waals surface area contributed by atoms with Crippen LogP contribution in [-0.2, 0) is 0 Å². The molecule has 1 aliphatic rings. The van der Waals surface area contributed by atoms with Crippen molar-refractivity contribution in [1.82, 2.24) is 5.32 Å². The summed E-state index contributed by atoms with van der Waals surface area (Å²) >= 11 is 7.98. The third-order valence-electron chi connectivity index (χ3n) is 3.53. The lowest BCUT2D eigenvalue weighted by atomic mass is 9.98. The number of rotatable bonds is 5. The number of thioether (sulfide) groups is 1. The third-order valence-corrected chi connectivity index (χ3v) is 4.89. The van der Waals surface area contributed by atoms with Crippen LogP contribution in [0.1, 0.15) is 44.7 Å². The molecular weight excluding hydrogens is 278 g/mol. The van der Waals surface area contributed by atoms with E-state index in [1.165, 1.54) is 10.5 Å². The van der Waals surface area contributed by atoms with Crippen molar-refractivity contribution in [3.8, 4) is 0 Å². The molecule has 1 aromatic carbocycles. The highest BCUT2D eigenvalue weighted by Gasteiger charge is 2.25. The van der Waals surface area contributed by atoms with E-state index in [-0.39, 0.29) is 0 Å². The summed E-state index contributed by atoms with van der Waals surface area (Å²) in [5, 5.41) is 14.5. The Hall–Kier alpha value is -0.220. The average molecular weight is 300 g/mol. The third kappa shape index (κ3) is 4.12. The molecule has 4 heteroatoms. The lowest BCUT2D eigenvalue weighted by molar-refractivity contribution is 0.0468. The first-order valence-corrected chi connectivity index (χ1v) is 8.26. The topological polar surface area (TPSA) is 32.3 Å². The van der Waals surface area contributed by atoms with Crippen molar-refractivity contribution < 1.29 is 5.11 Å². The normalized spacial score (nSPS) is 21.8. The molecule has 0 aliphatic carbocycles. The SMILES string of the molecule is CCCC(C)(O)CNC1CCSc2ccc(Cl)cc21. The summed E-state index contributed by atoms with van der Waals surface area (Å²) in [6.07, 6.45) is 2.90. The second kappa shape index (κ2) is 6.49. The van der Waals surface area contributed by atoms with Crippen molar-refractivity contribution in [2.75, 3.05) is 12.3 Å². The van der Waals surface area contributed by atoms with Crippen molar-refractivity contribution in [3.05, 3.63) is 28.8 Å². The zero-order valence-electron chi connectivity index (χ0n) is 11.6. The highest BCUT2D eigenvalue weighted by Crippen LogP contribution is 2.37. The fourth-order valence-corrected chi connectivity index (χ4v) is 3.83. The van der Waals surface area contributed by atoms with Crippen LogP contribution in [0.3, 0.4) is 0 Å². The second-order valence-corrected chi connectivity index (χ2v) is 7.07. The lowest BCUT2D eigenvalue weighted by Crippen LogP contribution is -2.40. The van der Waals surface area contributed by atoms with Gasteiger partial charge in [0.25, 0.3) is 0 Å². The second-order valence-electron chi connectivity index (χ2n) is 5.50. The van der Waals surface area contributed by atoms with Gasteiger partial charge in [0.05, 0.1) is 5.60 Å². The number of halogens is 1. The number of hydrogen-bond donors (Lipinski definition) is 2. The molecule has 0 radical (unpaired) electrons. The maximum Gasteiger partial charge on any atom is 0.0743 e. The number of fused-ring (bicyclic) bond motifs is 1. The van der Waals surface area contributed by atoms with Gasteiger partial charge in [0.15, 0.2) is 0 Å². The largest absolute Gasteiger partial charge is 0.389 e. The molecule has 0 fully saturated rings. The standard InChI is InChI=1S/C15H22ClNOS/c1-3-7-15(2,18)10-17-13-6-8-19-14-5-4-11(16)9-12(13)14/h4-5,9,13,17-18H,3,6-8,10H2,1-2H3. The first-order chi connectivity index (χ1) is 9.02. The van der Waals surface area contributed by atoms with Crippen LogP contribution >= 0.6 is 23.4 Å². The molecule has 2 rings (SSSR count). The van der Waals surface area contributed by atoms with Gasteiger partial charge in [0.1, 0.15) is 0 Å². The van der Waals surface area contributed by atoms with Gasteiger partial charge in [-0.05, 0) is 49.3 Å². The predicted octanol–water partition coefficient (Wildman–Crippen LogP) is 4.02. The zero-order chi connectivity index (χ0) is 13.9. The Kier molecular flexibility index (Phi) is 5.18. The van der Waals surface area contributed by atoms with Crippen molar-refractivity contribution in [2.45, 2.75) is 49.6 Å². The van der Waals surface area contributed by atoms with Crippen molar-refractivity contribution in [1.29, 1.82) is 0 Å². The molecule has 2 unspecified atom stereocenters. The molecule has 0 aromatic heterocycles. The van der Waals surface area contributed by atoms with Crippen LogP contribution in [0.2, 0.25) is 5.02 Å². The van der Waals surface area contributed by atoms with E-state index < -0.39 is 5.60 Å². The number of benzene rings is 1.